The van der Waals surface area contributed by atoms with Crippen LogP contribution in [0, 0.1) is 5.92 Å². The van der Waals surface area contributed by atoms with E-state index in [-0.39, 0.29) is 52.5 Å². The molecule has 0 aromatic carbocycles. The molecule has 13 heavy (non-hydrogen) atoms. The second kappa shape index (κ2) is 7.89. The summed E-state index contributed by atoms with van der Waals surface area (Å²) in [6.07, 6.45) is 0.273. The molecule has 0 aliphatic heterocycles. The molecule has 0 saturated carbocycles. The van der Waals surface area contributed by atoms with Gasteiger partial charge in [0.05, 0.1) is 34.1 Å². The zero-order chi connectivity index (χ0) is 9.07. The van der Waals surface area contributed by atoms with E-state index in [0.29, 0.717) is 0 Å². The maximum atomic E-state index is 10.3. The van der Waals surface area contributed by atoms with E-state index < -0.39 is 5.97 Å². The minimum absolute atomic E-state index is 0. The summed E-state index contributed by atoms with van der Waals surface area (Å²) in [5.41, 5.74) is 0. The Balaban J connectivity index is -0.000000500. The van der Waals surface area contributed by atoms with Crippen molar-refractivity contribution in [2.45, 2.75) is 20.8 Å². The molecule has 0 fully saturated rings. The Morgan fingerprint density at radius 2 is 1.77 bits per heavy atom. The Bertz CT molecular complexity index is 143. The zero-order valence-corrected chi connectivity index (χ0v) is 11.2. The third-order valence-corrected chi connectivity index (χ3v) is 1.38. The monoisotopic (exact) mass is 265 g/mol. The molecule has 0 aliphatic carbocycles. The summed E-state index contributed by atoms with van der Waals surface area (Å²) in [4.78, 5) is 10.3. The zero-order valence-electron chi connectivity index (χ0n) is 8.37. The molecular formula is C9H22NO2Y+. The van der Waals surface area contributed by atoms with Gasteiger partial charge in [0, 0.05) is 38.6 Å². The van der Waals surface area contributed by atoms with Crippen molar-refractivity contribution in [3.8, 4) is 0 Å². The number of nitrogens with zero attached hydrogens (tertiary/aromatic N) is 1. The smallest absolute Gasteiger partial charge is 0.303 e. The number of hydrogen-bond donors (Lipinski definition) is 1. The fourth-order valence-electron chi connectivity index (χ4n) is 1.30. The van der Waals surface area contributed by atoms with Gasteiger partial charge in [-0.15, -0.1) is 0 Å². The summed E-state index contributed by atoms with van der Waals surface area (Å²) in [7, 11) is 6.20. The molecule has 1 radical (unpaired) electrons. The van der Waals surface area contributed by atoms with Gasteiger partial charge >= 0.3 is 5.97 Å². The van der Waals surface area contributed by atoms with Crippen molar-refractivity contribution in [2.75, 3.05) is 27.7 Å². The Morgan fingerprint density at radius 3 is 2.00 bits per heavy atom. The van der Waals surface area contributed by atoms with Gasteiger partial charge in [0.15, 0.2) is 0 Å². The molecule has 4 heteroatoms. The van der Waals surface area contributed by atoms with E-state index in [1.165, 1.54) is 0 Å². The van der Waals surface area contributed by atoms with Crippen LogP contribution in [0.5, 0.6) is 0 Å². The number of hydrogen-bond acceptors (Lipinski definition) is 1. The summed E-state index contributed by atoms with van der Waals surface area (Å²) in [5.74, 6) is -0.446. The Kier molecular flexibility index (Phi) is 11.6. The van der Waals surface area contributed by atoms with E-state index in [1.54, 1.807) is 0 Å². The molecule has 3 nitrogen and oxygen atoms in total. The predicted octanol–water partition coefficient (Wildman–Crippen LogP) is 1.44. The van der Waals surface area contributed by atoms with Gasteiger partial charge in [-0.3, -0.25) is 4.79 Å². The van der Waals surface area contributed by atoms with Gasteiger partial charge in [0.25, 0.3) is 0 Å². The standard InChI is InChI=1S/C8H17NO2.CH4.Y/c1-7(5-8(10)11)6-9(2,3)4;;/h7H,5-6H2,1-4H3;1H4;/p+1/t7-;;/m1../s1. The van der Waals surface area contributed by atoms with Gasteiger partial charge in [0.1, 0.15) is 0 Å². The van der Waals surface area contributed by atoms with Crippen LogP contribution in [0.15, 0.2) is 0 Å². The van der Waals surface area contributed by atoms with Crippen molar-refractivity contribution in [3.63, 3.8) is 0 Å². The van der Waals surface area contributed by atoms with Crippen molar-refractivity contribution in [2.24, 2.45) is 5.92 Å². The quantitative estimate of drug-likeness (QED) is 0.781. The van der Waals surface area contributed by atoms with Crippen LogP contribution in [0.1, 0.15) is 20.8 Å². The third-order valence-electron chi connectivity index (χ3n) is 1.38. The van der Waals surface area contributed by atoms with Crippen LogP contribution >= 0.6 is 0 Å². The molecule has 0 unspecified atom stereocenters. The van der Waals surface area contributed by atoms with Crippen LogP contribution in [0.4, 0.5) is 0 Å². The first-order chi connectivity index (χ1) is 4.81. The molecule has 0 aliphatic rings. The van der Waals surface area contributed by atoms with Crippen LogP contribution in [-0.2, 0) is 37.5 Å². The second-order valence-electron chi connectivity index (χ2n) is 4.18. The predicted molar refractivity (Wildman–Crippen MR) is 51.0 cm³/mol. The van der Waals surface area contributed by atoms with Gasteiger partial charge < -0.3 is 9.59 Å². The average Bonchev–Trinajstić information content (AvgIpc) is 1.53. The van der Waals surface area contributed by atoms with Gasteiger partial charge in [-0.05, 0) is 0 Å². The van der Waals surface area contributed by atoms with Crippen molar-refractivity contribution < 1.29 is 47.1 Å². The normalized spacial score (nSPS) is 12.3. The molecule has 0 spiro atoms. The molecule has 0 heterocycles. The van der Waals surface area contributed by atoms with Crippen LogP contribution in [0.2, 0.25) is 0 Å². The number of carbonyl (C=O) groups is 1. The van der Waals surface area contributed by atoms with E-state index in [4.69, 9.17) is 5.11 Å². The number of carboxylic acids is 1. The van der Waals surface area contributed by atoms with E-state index in [2.05, 4.69) is 21.1 Å². The first kappa shape index (κ1) is 19.2. The van der Waals surface area contributed by atoms with Crippen LogP contribution < -0.4 is 0 Å². The SMILES string of the molecule is C.C[C@H](CC(=O)O)C[N+](C)(C)C.[Y]. The average molecular weight is 265 g/mol. The molecule has 0 aromatic rings. The van der Waals surface area contributed by atoms with Gasteiger partial charge in [-0.2, -0.15) is 0 Å². The van der Waals surface area contributed by atoms with E-state index in [1.807, 2.05) is 6.92 Å². The maximum Gasteiger partial charge on any atom is 0.303 e. The molecule has 1 N–H and O–H groups in total. The fourth-order valence-corrected chi connectivity index (χ4v) is 1.30. The van der Waals surface area contributed by atoms with Crippen molar-refractivity contribution >= 4 is 5.97 Å². The van der Waals surface area contributed by atoms with Crippen LogP contribution in [0.25, 0.3) is 0 Å². The summed E-state index contributed by atoms with van der Waals surface area (Å²) < 4.78 is 0.828. The van der Waals surface area contributed by atoms with E-state index in [0.717, 1.165) is 11.0 Å². The topological polar surface area (TPSA) is 37.3 Å². The summed E-state index contributed by atoms with van der Waals surface area (Å²) in [6.45, 7) is 2.88. The molecular weight excluding hydrogens is 243 g/mol. The van der Waals surface area contributed by atoms with Crippen molar-refractivity contribution in [1.29, 1.82) is 0 Å². The summed E-state index contributed by atoms with van der Waals surface area (Å²) in [6, 6.07) is 0. The molecule has 0 aromatic heterocycles. The maximum absolute atomic E-state index is 10.3. The first-order valence-corrected chi connectivity index (χ1v) is 3.83. The van der Waals surface area contributed by atoms with Crippen LogP contribution in [-0.4, -0.2) is 43.2 Å². The van der Waals surface area contributed by atoms with Gasteiger partial charge in [0.2, 0.25) is 0 Å². The van der Waals surface area contributed by atoms with Gasteiger partial charge in [-0.25, -0.2) is 0 Å². The molecule has 0 bridgehead atoms. The molecule has 0 amide bonds. The number of quaternary nitrogens is 1. The number of aliphatic carboxylic acids is 1. The molecule has 0 rings (SSSR count). The first-order valence-electron chi connectivity index (χ1n) is 3.83. The Hall–Kier alpha value is 0.534. The number of carboxylic acid groups (broad SMARTS) is 1. The largest absolute Gasteiger partial charge is 0.481 e. The summed E-state index contributed by atoms with van der Waals surface area (Å²) >= 11 is 0. The van der Waals surface area contributed by atoms with Crippen molar-refractivity contribution in [3.05, 3.63) is 0 Å². The Labute approximate surface area is 107 Å². The van der Waals surface area contributed by atoms with E-state index in [9.17, 15) is 4.79 Å². The van der Waals surface area contributed by atoms with Gasteiger partial charge in [-0.1, -0.05) is 14.4 Å². The third kappa shape index (κ3) is 15.3. The Morgan fingerprint density at radius 1 is 1.38 bits per heavy atom. The fraction of sp³-hybridized carbons (Fsp3) is 0.889. The number of rotatable bonds is 4. The second-order valence-corrected chi connectivity index (χ2v) is 4.18. The summed E-state index contributed by atoms with van der Waals surface area (Å²) in [5, 5.41) is 8.47. The molecule has 0 saturated heterocycles. The molecule has 1 atom stereocenters. The van der Waals surface area contributed by atoms with Crippen molar-refractivity contribution in [1.82, 2.24) is 0 Å². The van der Waals surface area contributed by atoms with Crippen LogP contribution in [0.3, 0.4) is 0 Å². The molecule has 77 valence electrons. The van der Waals surface area contributed by atoms with E-state index >= 15 is 0 Å². The minimum atomic E-state index is -0.703. The minimum Gasteiger partial charge on any atom is -0.481 e.